The minimum Gasteiger partial charge on any atom is -0.478 e. The minimum absolute atomic E-state index is 0.000162. The summed E-state index contributed by atoms with van der Waals surface area (Å²) in [6.07, 6.45) is -3.21. The van der Waals surface area contributed by atoms with Crippen LogP contribution in [0.3, 0.4) is 0 Å². The van der Waals surface area contributed by atoms with Crippen LogP contribution in [0.15, 0.2) is 6.20 Å². The molecule has 16 heavy (non-hydrogen) atoms. The van der Waals surface area contributed by atoms with Crippen LogP contribution in [-0.4, -0.2) is 21.0 Å². The molecule has 0 atom stereocenters. The van der Waals surface area contributed by atoms with E-state index in [9.17, 15) is 18.0 Å². The van der Waals surface area contributed by atoms with Crippen LogP contribution in [0.4, 0.5) is 13.2 Å². The van der Waals surface area contributed by atoms with Gasteiger partial charge < -0.3 is 5.11 Å². The maximum atomic E-state index is 12.5. The Balaban J connectivity index is 3.27. The second-order valence-corrected chi connectivity index (χ2v) is 3.10. The second kappa shape index (κ2) is 4.46. The van der Waals surface area contributed by atoms with Crippen molar-refractivity contribution >= 4 is 5.97 Å². The van der Waals surface area contributed by atoms with Gasteiger partial charge in [0.1, 0.15) is 11.4 Å². The van der Waals surface area contributed by atoms with E-state index in [4.69, 9.17) is 5.11 Å². The predicted molar refractivity (Wildman–Crippen MR) is 48.0 cm³/mol. The maximum absolute atomic E-state index is 12.5. The van der Waals surface area contributed by atoms with Crippen molar-refractivity contribution < 1.29 is 23.1 Å². The van der Waals surface area contributed by atoms with Crippen LogP contribution >= 0.6 is 0 Å². The lowest BCUT2D eigenvalue weighted by Crippen LogP contribution is -2.17. The van der Waals surface area contributed by atoms with Gasteiger partial charge >= 0.3 is 12.1 Å². The number of alkyl halides is 3. The van der Waals surface area contributed by atoms with Crippen molar-refractivity contribution in [1.29, 1.82) is 0 Å². The summed E-state index contributed by atoms with van der Waals surface area (Å²) in [4.78, 5) is 17.4. The first-order valence-electron chi connectivity index (χ1n) is 4.52. The second-order valence-electron chi connectivity index (χ2n) is 3.10. The molecule has 0 radical (unpaired) electrons. The summed E-state index contributed by atoms with van der Waals surface area (Å²) in [6.45, 7) is 1.77. The Morgan fingerprint density at radius 1 is 1.50 bits per heavy atom. The summed E-state index contributed by atoms with van der Waals surface area (Å²) < 4.78 is 37.4. The molecule has 0 fully saturated rings. The van der Waals surface area contributed by atoms with E-state index in [1.807, 2.05) is 0 Å². The first-order valence-corrected chi connectivity index (χ1v) is 4.52. The Bertz CT molecular complexity index is 404. The number of nitrogens with zero attached hydrogens (tertiary/aromatic N) is 2. The molecule has 0 unspecified atom stereocenters. The summed E-state index contributed by atoms with van der Waals surface area (Å²) in [5.41, 5.74) is -2.31. The first kappa shape index (κ1) is 12.4. The van der Waals surface area contributed by atoms with Gasteiger partial charge in [-0.25, -0.2) is 14.8 Å². The third-order valence-electron chi connectivity index (χ3n) is 1.81. The zero-order valence-electron chi connectivity index (χ0n) is 8.38. The molecule has 0 saturated carbocycles. The number of rotatable bonds is 3. The van der Waals surface area contributed by atoms with E-state index in [1.165, 1.54) is 0 Å². The number of aryl methyl sites for hydroxylation is 1. The number of halogens is 3. The largest absolute Gasteiger partial charge is 0.478 e. The molecule has 0 amide bonds. The zero-order valence-corrected chi connectivity index (χ0v) is 8.38. The Labute approximate surface area is 89.1 Å². The number of aromatic nitrogens is 2. The molecule has 1 aromatic heterocycles. The molecule has 7 heteroatoms. The van der Waals surface area contributed by atoms with Gasteiger partial charge in [-0.1, -0.05) is 6.92 Å². The van der Waals surface area contributed by atoms with Crippen molar-refractivity contribution in [2.24, 2.45) is 0 Å². The van der Waals surface area contributed by atoms with Gasteiger partial charge in [0, 0.05) is 12.6 Å². The highest BCUT2D eigenvalue weighted by Crippen LogP contribution is 2.30. The van der Waals surface area contributed by atoms with Crippen molar-refractivity contribution in [2.75, 3.05) is 0 Å². The molecule has 0 bridgehead atoms. The van der Waals surface area contributed by atoms with Gasteiger partial charge in [0.25, 0.3) is 0 Å². The van der Waals surface area contributed by atoms with Crippen LogP contribution in [0.5, 0.6) is 0 Å². The number of hydrogen-bond donors (Lipinski definition) is 1. The number of aromatic carboxylic acids is 1. The molecule has 1 N–H and O–H groups in total. The van der Waals surface area contributed by atoms with E-state index in [0.717, 1.165) is 0 Å². The van der Waals surface area contributed by atoms with Crippen molar-refractivity contribution in [3.63, 3.8) is 0 Å². The summed E-state index contributed by atoms with van der Waals surface area (Å²) >= 11 is 0. The first-order chi connectivity index (χ1) is 7.36. The van der Waals surface area contributed by atoms with Gasteiger partial charge in [0.05, 0.1) is 0 Å². The minimum atomic E-state index is -4.78. The van der Waals surface area contributed by atoms with Crippen molar-refractivity contribution in [2.45, 2.75) is 25.9 Å². The highest BCUT2D eigenvalue weighted by Gasteiger charge is 2.37. The van der Waals surface area contributed by atoms with E-state index < -0.39 is 23.4 Å². The van der Waals surface area contributed by atoms with Gasteiger partial charge in [-0.3, -0.25) is 0 Å². The molecule has 0 aliphatic heterocycles. The van der Waals surface area contributed by atoms with Gasteiger partial charge in [0.2, 0.25) is 0 Å². The molecule has 88 valence electrons. The Morgan fingerprint density at radius 2 is 2.12 bits per heavy atom. The summed E-state index contributed by atoms with van der Waals surface area (Å²) in [7, 11) is 0. The highest BCUT2D eigenvalue weighted by molar-refractivity contribution is 5.88. The third kappa shape index (κ3) is 2.68. The lowest BCUT2D eigenvalue weighted by molar-refractivity contribution is -0.141. The Morgan fingerprint density at radius 3 is 2.56 bits per heavy atom. The molecule has 1 aromatic rings. The van der Waals surface area contributed by atoms with Gasteiger partial charge in [-0.15, -0.1) is 0 Å². The van der Waals surface area contributed by atoms with Crippen LogP contribution in [-0.2, 0) is 12.6 Å². The third-order valence-corrected chi connectivity index (χ3v) is 1.81. The monoisotopic (exact) mass is 234 g/mol. The Kier molecular flexibility index (Phi) is 3.46. The molecule has 0 aliphatic rings. The lowest BCUT2D eigenvalue weighted by Gasteiger charge is -2.09. The van der Waals surface area contributed by atoms with E-state index in [0.29, 0.717) is 12.6 Å². The highest BCUT2D eigenvalue weighted by atomic mass is 19.4. The summed E-state index contributed by atoms with van der Waals surface area (Å²) in [5.74, 6) is -1.69. The molecular formula is C9H9F3N2O2. The standard InChI is InChI=1S/C9H9F3N2O2/c1-2-3-6-13-4-5(8(15)16)7(14-6)9(10,11)12/h4H,2-3H2,1H3,(H,15,16). The average Bonchev–Trinajstić information content (AvgIpc) is 2.16. The zero-order chi connectivity index (χ0) is 12.3. The van der Waals surface area contributed by atoms with Gasteiger partial charge in [-0.05, 0) is 6.42 Å². The molecule has 0 aromatic carbocycles. The fourth-order valence-electron chi connectivity index (χ4n) is 1.14. The van der Waals surface area contributed by atoms with Crippen LogP contribution in [0.1, 0.15) is 35.2 Å². The fourth-order valence-corrected chi connectivity index (χ4v) is 1.14. The van der Waals surface area contributed by atoms with Crippen LogP contribution in [0, 0.1) is 0 Å². The van der Waals surface area contributed by atoms with Crippen molar-refractivity contribution in [3.05, 3.63) is 23.3 Å². The predicted octanol–water partition coefficient (Wildman–Crippen LogP) is 2.15. The summed E-state index contributed by atoms with van der Waals surface area (Å²) in [5, 5.41) is 8.57. The van der Waals surface area contributed by atoms with Gasteiger partial charge in [-0.2, -0.15) is 13.2 Å². The molecule has 0 spiro atoms. The van der Waals surface area contributed by atoms with Crippen molar-refractivity contribution in [3.8, 4) is 0 Å². The summed E-state index contributed by atoms with van der Waals surface area (Å²) in [6, 6.07) is 0. The normalized spacial score (nSPS) is 11.5. The number of carboxylic acid groups (broad SMARTS) is 1. The fraction of sp³-hybridized carbons (Fsp3) is 0.444. The SMILES string of the molecule is CCCc1ncc(C(=O)O)c(C(F)(F)F)n1. The number of hydrogen-bond acceptors (Lipinski definition) is 3. The molecule has 1 rings (SSSR count). The van der Waals surface area contributed by atoms with Crippen molar-refractivity contribution in [1.82, 2.24) is 9.97 Å². The average molecular weight is 234 g/mol. The van der Waals surface area contributed by atoms with E-state index >= 15 is 0 Å². The maximum Gasteiger partial charge on any atom is 0.434 e. The lowest BCUT2D eigenvalue weighted by atomic mass is 10.2. The topological polar surface area (TPSA) is 63.1 Å². The molecular weight excluding hydrogens is 225 g/mol. The molecule has 1 heterocycles. The molecule has 4 nitrogen and oxygen atoms in total. The van der Waals surface area contributed by atoms with E-state index in [1.54, 1.807) is 6.92 Å². The van der Waals surface area contributed by atoms with Crippen LogP contribution in [0.25, 0.3) is 0 Å². The quantitative estimate of drug-likeness (QED) is 0.870. The molecule has 0 aliphatic carbocycles. The van der Waals surface area contributed by atoms with Crippen LogP contribution in [0.2, 0.25) is 0 Å². The smallest absolute Gasteiger partial charge is 0.434 e. The number of carbonyl (C=O) groups is 1. The number of carboxylic acids is 1. The van der Waals surface area contributed by atoms with Gasteiger partial charge in [0.15, 0.2) is 5.69 Å². The Hall–Kier alpha value is -1.66. The van der Waals surface area contributed by atoms with Crippen LogP contribution < -0.4 is 0 Å². The van der Waals surface area contributed by atoms with E-state index in [-0.39, 0.29) is 12.2 Å². The van der Waals surface area contributed by atoms with E-state index in [2.05, 4.69) is 9.97 Å². The molecule has 0 saturated heterocycles.